The van der Waals surface area contributed by atoms with E-state index in [1.54, 1.807) is 0 Å². The first-order chi connectivity index (χ1) is 9.57. The van der Waals surface area contributed by atoms with E-state index in [1.165, 1.54) is 5.56 Å². The van der Waals surface area contributed by atoms with Gasteiger partial charge in [0.25, 0.3) is 0 Å². The Bertz CT molecular complexity index is 502. The Morgan fingerprint density at radius 1 is 1.25 bits per heavy atom. The number of nitrogens with two attached hydrogens (primary N) is 1. The second kappa shape index (κ2) is 5.19. The first kappa shape index (κ1) is 13.6. The molecule has 4 nitrogen and oxygen atoms in total. The Morgan fingerprint density at radius 2 is 1.95 bits per heavy atom. The number of carbonyl (C=O) groups excluding carboxylic acids is 1. The Balaban J connectivity index is 1.64. The Labute approximate surface area is 120 Å². The fraction of sp³-hybridized carbons (Fsp3) is 0.562. The lowest BCUT2D eigenvalue weighted by atomic mass is 10.0. The Kier molecular flexibility index (Phi) is 3.52. The van der Waals surface area contributed by atoms with Gasteiger partial charge in [-0.25, -0.2) is 0 Å². The van der Waals surface area contributed by atoms with Gasteiger partial charge in [-0.2, -0.15) is 0 Å². The molecule has 2 fully saturated rings. The van der Waals surface area contributed by atoms with E-state index >= 15 is 0 Å². The lowest BCUT2D eigenvalue weighted by Gasteiger charge is -2.32. The summed E-state index contributed by atoms with van der Waals surface area (Å²) in [6.45, 7) is 3.63. The zero-order valence-corrected chi connectivity index (χ0v) is 12.1. The van der Waals surface area contributed by atoms with Gasteiger partial charge in [0.15, 0.2) is 0 Å². The number of amides is 1. The molecule has 1 aliphatic carbocycles. The van der Waals surface area contributed by atoms with Crippen molar-refractivity contribution < 1.29 is 4.79 Å². The third-order valence-corrected chi connectivity index (χ3v) is 4.50. The van der Waals surface area contributed by atoms with Crippen LogP contribution in [0.3, 0.4) is 0 Å². The van der Waals surface area contributed by atoms with E-state index in [2.05, 4.69) is 24.1 Å². The van der Waals surface area contributed by atoms with Gasteiger partial charge in [-0.15, -0.1) is 0 Å². The van der Waals surface area contributed by atoms with Crippen molar-refractivity contribution in [2.24, 2.45) is 5.73 Å². The second-order valence-corrected chi connectivity index (χ2v) is 6.22. The molecule has 0 radical (unpaired) electrons. The molecule has 2 aliphatic rings. The van der Waals surface area contributed by atoms with E-state index in [9.17, 15) is 4.79 Å². The molecule has 1 heterocycles. The predicted octanol–water partition coefficient (Wildman–Crippen LogP) is 0.951. The number of hydrogen-bond acceptors (Lipinski definition) is 3. The van der Waals surface area contributed by atoms with Crippen LogP contribution in [-0.2, 0) is 16.8 Å². The zero-order chi connectivity index (χ0) is 14.2. The highest BCUT2D eigenvalue weighted by Crippen LogP contribution is 2.42. The van der Waals surface area contributed by atoms with Crippen LogP contribution >= 0.6 is 0 Å². The highest BCUT2D eigenvalue weighted by Gasteiger charge is 2.39. The molecule has 1 saturated heterocycles. The maximum Gasteiger partial charge on any atom is 0.227 e. The third-order valence-electron chi connectivity index (χ3n) is 4.50. The molecule has 2 N–H and O–H groups in total. The number of benzene rings is 1. The minimum atomic E-state index is -0.118. The molecule has 3 rings (SSSR count). The van der Waals surface area contributed by atoms with Gasteiger partial charge in [0.1, 0.15) is 0 Å². The average Bonchev–Trinajstić information content (AvgIpc) is 3.19. The van der Waals surface area contributed by atoms with Crippen LogP contribution in [0.5, 0.6) is 0 Å². The summed E-state index contributed by atoms with van der Waals surface area (Å²) >= 11 is 0. The van der Waals surface area contributed by atoms with Gasteiger partial charge in [0, 0.05) is 31.7 Å². The summed E-state index contributed by atoms with van der Waals surface area (Å²) < 4.78 is 0. The number of nitrogens with zero attached hydrogens (tertiary/aromatic N) is 2. The molecule has 20 heavy (non-hydrogen) atoms. The van der Waals surface area contributed by atoms with E-state index in [-0.39, 0.29) is 11.4 Å². The molecule has 1 saturated carbocycles. The molecule has 1 aromatic rings. The summed E-state index contributed by atoms with van der Waals surface area (Å²) in [5.41, 5.74) is 8.37. The smallest absolute Gasteiger partial charge is 0.227 e. The van der Waals surface area contributed by atoms with Crippen molar-refractivity contribution in [3.8, 4) is 0 Å². The van der Waals surface area contributed by atoms with E-state index < -0.39 is 0 Å². The van der Waals surface area contributed by atoms with Crippen LogP contribution in [0.4, 0.5) is 0 Å². The normalized spacial score (nSPS) is 21.8. The summed E-state index contributed by atoms with van der Waals surface area (Å²) in [5, 5.41) is 0. The number of hydrogen-bond donors (Lipinski definition) is 1. The Morgan fingerprint density at radius 3 is 2.60 bits per heavy atom. The van der Waals surface area contributed by atoms with Gasteiger partial charge >= 0.3 is 0 Å². The fourth-order valence-corrected chi connectivity index (χ4v) is 2.76. The molecule has 0 bridgehead atoms. The molecule has 0 unspecified atom stereocenters. The summed E-state index contributed by atoms with van der Waals surface area (Å²) in [4.78, 5) is 16.6. The lowest BCUT2D eigenvalue weighted by molar-refractivity contribution is -0.132. The molecule has 1 amide bonds. The van der Waals surface area contributed by atoms with Crippen LogP contribution in [0, 0.1) is 0 Å². The molecule has 4 heteroatoms. The van der Waals surface area contributed by atoms with E-state index in [0.29, 0.717) is 6.42 Å². The first-order valence-electron chi connectivity index (χ1n) is 7.41. The average molecular weight is 273 g/mol. The summed E-state index contributed by atoms with van der Waals surface area (Å²) in [7, 11) is 2.10. The van der Waals surface area contributed by atoms with Gasteiger partial charge in [-0.05, 0) is 31.0 Å². The van der Waals surface area contributed by atoms with Gasteiger partial charge < -0.3 is 15.5 Å². The lowest BCUT2D eigenvalue weighted by Crippen LogP contribution is -2.47. The number of carbonyl (C=O) groups is 1. The number of piperazine rings is 1. The molecule has 0 aromatic heterocycles. The van der Waals surface area contributed by atoms with Crippen molar-refractivity contribution in [1.82, 2.24) is 9.80 Å². The number of likely N-dealkylation sites (N-methyl/N-ethyl adjacent to an activating group) is 1. The van der Waals surface area contributed by atoms with E-state index in [0.717, 1.165) is 44.6 Å². The van der Waals surface area contributed by atoms with Crippen molar-refractivity contribution in [1.29, 1.82) is 0 Å². The van der Waals surface area contributed by atoms with E-state index in [4.69, 9.17) is 5.73 Å². The topological polar surface area (TPSA) is 49.6 Å². The zero-order valence-electron chi connectivity index (χ0n) is 12.1. The Hall–Kier alpha value is -1.39. The SMILES string of the molecule is CN1CCN(C(=O)Cc2cccc(C3(N)CC3)c2)CC1. The molecule has 1 aromatic carbocycles. The molecule has 108 valence electrons. The first-order valence-corrected chi connectivity index (χ1v) is 7.41. The molecular formula is C16H23N3O. The van der Waals surface area contributed by atoms with Crippen LogP contribution in [0.1, 0.15) is 24.0 Å². The predicted molar refractivity (Wildman–Crippen MR) is 79.3 cm³/mol. The highest BCUT2D eigenvalue weighted by atomic mass is 16.2. The quantitative estimate of drug-likeness (QED) is 0.892. The van der Waals surface area contributed by atoms with Crippen molar-refractivity contribution in [2.45, 2.75) is 24.8 Å². The maximum absolute atomic E-state index is 12.3. The van der Waals surface area contributed by atoms with Crippen molar-refractivity contribution in [3.63, 3.8) is 0 Å². The standard InChI is InChI=1S/C16H23N3O/c1-18-7-9-19(10-8-18)15(20)12-13-3-2-4-14(11-13)16(17)5-6-16/h2-4,11H,5-10,12,17H2,1H3. The van der Waals surface area contributed by atoms with Gasteiger partial charge in [-0.1, -0.05) is 24.3 Å². The van der Waals surface area contributed by atoms with Crippen LogP contribution in [0.2, 0.25) is 0 Å². The summed E-state index contributed by atoms with van der Waals surface area (Å²) in [5.74, 6) is 0.233. The van der Waals surface area contributed by atoms with Gasteiger partial charge in [0.2, 0.25) is 5.91 Å². The third kappa shape index (κ3) is 2.86. The van der Waals surface area contributed by atoms with Crippen molar-refractivity contribution in [3.05, 3.63) is 35.4 Å². The highest BCUT2D eigenvalue weighted by molar-refractivity contribution is 5.79. The molecular weight excluding hydrogens is 250 g/mol. The van der Waals surface area contributed by atoms with Crippen molar-refractivity contribution >= 4 is 5.91 Å². The number of rotatable bonds is 3. The minimum absolute atomic E-state index is 0.118. The van der Waals surface area contributed by atoms with Crippen LogP contribution < -0.4 is 5.73 Å². The summed E-state index contributed by atoms with van der Waals surface area (Å²) in [6.07, 6.45) is 2.61. The van der Waals surface area contributed by atoms with E-state index in [1.807, 2.05) is 17.0 Å². The van der Waals surface area contributed by atoms with Gasteiger partial charge in [-0.3, -0.25) is 4.79 Å². The minimum Gasteiger partial charge on any atom is -0.340 e. The van der Waals surface area contributed by atoms with Crippen LogP contribution in [0.25, 0.3) is 0 Å². The molecule has 0 spiro atoms. The van der Waals surface area contributed by atoms with Crippen LogP contribution in [-0.4, -0.2) is 48.9 Å². The molecule has 1 aliphatic heterocycles. The second-order valence-electron chi connectivity index (χ2n) is 6.22. The molecule has 0 atom stereocenters. The monoisotopic (exact) mass is 273 g/mol. The maximum atomic E-state index is 12.3. The largest absolute Gasteiger partial charge is 0.340 e. The van der Waals surface area contributed by atoms with Crippen LogP contribution in [0.15, 0.2) is 24.3 Å². The van der Waals surface area contributed by atoms with Crippen molar-refractivity contribution in [2.75, 3.05) is 33.2 Å². The fourth-order valence-electron chi connectivity index (χ4n) is 2.76. The van der Waals surface area contributed by atoms with Gasteiger partial charge in [0.05, 0.1) is 6.42 Å². The summed E-state index contributed by atoms with van der Waals surface area (Å²) in [6, 6.07) is 8.25.